The number of benzene rings is 1. The van der Waals surface area contributed by atoms with Crippen LogP contribution in [0.15, 0.2) is 60.5 Å². The zero-order valence-electron chi connectivity index (χ0n) is 15.1. The van der Waals surface area contributed by atoms with Gasteiger partial charge in [-0.3, -0.25) is 14.3 Å². The van der Waals surface area contributed by atoms with Crippen molar-refractivity contribution in [2.75, 3.05) is 11.1 Å². The minimum absolute atomic E-state index is 0.135. The molecule has 0 fully saturated rings. The summed E-state index contributed by atoms with van der Waals surface area (Å²) < 4.78 is 15.9. The van der Waals surface area contributed by atoms with Crippen molar-refractivity contribution in [2.45, 2.75) is 11.7 Å². The van der Waals surface area contributed by atoms with Gasteiger partial charge in [0.2, 0.25) is 5.91 Å². The maximum Gasteiger partial charge on any atom is 0.236 e. The molecule has 3 heterocycles. The minimum atomic E-state index is -0.332. The molecule has 1 N–H and O–H groups in total. The number of carbonyl (C=O) groups is 1. The van der Waals surface area contributed by atoms with Gasteiger partial charge in [0.15, 0.2) is 16.1 Å². The molecule has 4 rings (SSSR count). The molecule has 0 atom stereocenters. The summed E-state index contributed by atoms with van der Waals surface area (Å²) >= 11 is 2.50. The Hall–Kier alpha value is -3.11. The van der Waals surface area contributed by atoms with Gasteiger partial charge in [0, 0.05) is 24.5 Å². The highest BCUT2D eigenvalue weighted by molar-refractivity contribution is 7.99. The third-order valence-electron chi connectivity index (χ3n) is 3.90. The third-order valence-corrected chi connectivity index (χ3v) is 5.80. The van der Waals surface area contributed by atoms with E-state index in [2.05, 4.69) is 32.1 Å². The second-order valence-electron chi connectivity index (χ2n) is 5.91. The van der Waals surface area contributed by atoms with Gasteiger partial charge >= 0.3 is 0 Å². The van der Waals surface area contributed by atoms with Crippen LogP contribution in [0.2, 0.25) is 0 Å². The lowest BCUT2D eigenvalue weighted by Crippen LogP contribution is -2.14. The Kier molecular flexibility index (Phi) is 5.63. The van der Waals surface area contributed by atoms with Crippen molar-refractivity contribution in [2.24, 2.45) is 0 Å². The van der Waals surface area contributed by atoms with Crippen LogP contribution in [-0.4, -0.2) is 36.4 Å². The fraction of sp³-hybridized carbons (Fsp3) is 0.105. The maximum atomic E-state index is 13.3. The Balaban J connectivity index is 1.46. The monoisotopic (exact) mass is 426 g/mol. The highest BCUT2D eigenvalue weighted by Gasteiger charge is 2.15. The minimum Gasteiger partial charge on any atom is -0.301 e. The quantitative estimate of drug-likeness (QED) is 0.355. The van der Waals surface area contributed by atoms with Crippen molar-refractivity contribution in [3.8, 4) is 11.4 Å². The number of halogens is 1. The number of thioether (sulfide) groups is 1. The topological polar surface area (TPSA) is 85.6 Å². The Labute approximate surface area is 173 Å². The normalized spacial score (nSPS) is 10.9. The maximum absolute atomic E-state index is 13.3. The van der Waals surface area contributed by atoms with Crippen LogP contribution in [-0.2, 0) is 11.3 Å². The lowest BCUT2D eigenvalue weighted by molar-refractivity contribution is -0.113. The number of anilines is 1. The highest BCUT2D eigenvalue weighted by Crippen LogP contribution is 2.27. The summed E-state index contributed by atoms with van der Waals surface area (Å²) in [7, 11) is 0. The van der Waals surface area contributed by atoms with Crippen molar-refractivity contribution >= 4 is 44.4 Å². The molecule has 0 saturated heterocycles. The second-order valence-corrected chi connectivity index (χ2v) is 7.88. The number of pyridine rings is 1. The van der Waals surface area contributed by atoms with Crippen LogP contribution in [0.3, 0.4) is 0 Å². The number of amides is 1. The largest absolute Gasteiger partial charge is 0.301 e. The van der Waals surface area contributed by atoms with Gasteiger partial charge in [0.1, 0.15) is 5.82 Å². The Morgan fingerprint density at radius 3 is 2.90 bits per heavy atom. The molecule has 7 nitrogen and oxygen atoms in total. The average molecular weight is 427 g/mol. The second kappa shape index (κ2) is 8.50. The number of hydrogen-bond acceptors (Lipinski definition) is 7. The summed E-state index contributed by atoms with van der Waals surface area (Å²) in [5.41, 5.74) is 1.53. The van der Waals surface area contributed by atoms with Crippen LogP contribution in [0, 0.1) is 5.82 Å². The number of thiazole rings is 1. The number of fused-ring (bicyclic) bond motifs is 1. The molecule has 0 aliphatic carbocycles. The molecule has 0 saturated carbocycles. The van der Waals surface area contributed by atoms with Gasteiger partial charge in [-0.05, 0) is 30.3 Å². The van der Waals surface area contributed by atoms with Gasteiger partial charge in [-0.25, -0.2) is 9.37 Å². The van der Waals surface area contributed by atoms with E-state index in [0.29, 0.717) is 32.9 Å². The lowest BCUT2D eigenvalue weighted by atomic mass is 10.2. The van der Waals surface area contributed by atoms with Gasteiger partial charge in [0.05, 0.1) is 16.0 Å². The van der Waals surface area contributed by atoms with Crippen LogP contribution < -0.4 is 5.32 Å². The van der Waals surface area contributed by atoms with E-state index in [9.17, 15) is 9.18 Å². The summed E-state index contributed by atoms with van der Waals surface area (Å²) in [6.07, 6.45) is 5.12. The molecule has 0 unspecified atom stereocenters. The number of aromatic nitrogens is 5. The van der Waals surface area contributed by atoms with Crippen LogP contribution in [0.1, 0.15) is 0 Å². The molecule has 146 valence electrons. The third kappa shape index (κ3) is 4.33. The zero-order valence-corrected chi connectivity index (χ0v) is 16.7. The van der Waals surface area contributed by atoms with Crippen molar-refractivity contribution in [3.05, 3.63) is 61.2 Å². The Morgan fingerprint density at radius 1 is 1.28 bits per heavy atom. The number of hydrogen-bond donors (Lipinski definition) is 1. The SMILES string of the molecule is C=CCn1c(SCC(=O)Nc2nc3ccc(F)cc3s2)nnc1-c1ccncc1. The van der Waals surface area contributed by atoms with Gasteiger partial charge < -0.3 is 5.32 Å². The van der Waals surface area contributed by atoms with E-state index in [1.54, 1.807) is 24.5 Å². The first-order valence-electron chi connectivity index (χ1n) is 8.57. The van der Waals surface area contributed by atoms with E-state index in [1.165, 1.54) is 35.2 Å². The highest BCUT2D eigenvalue weighted by atomic mass is 32.2. The molecular weight excluding hydrogens is 411 g/mol. The first kappa shape index (κ1) is 19.2. The molecule has 10 heteroatoms. The molecule has 29 heavy (non-hydrogen) atoms. The van der Waals surface area contributed by atoms with Crippen molar-refractivity contribution in [3.63, 3.8) is 0 Å². The van der Waals surface area contributed by atoms with Gasteiger partial charge in [0.25, 0.3) is 0 Å². The molecule has 0 aliphatic rings. The molecule has 0 aliphatic heterocycles. The van der Waals surface area contributed by atoms with Crippen molar-refractivity contribution < 1.29 is 9.18 Å². The number of nitrogens with zero attached hydrogens (tertiary/aromatic N) is 5. The van der Waals surface area contributed by atoms with Crippen molar-refractivity contribution in [1.82, 2.24) is 24.7 Å². The standard InChI is InChI=1S/C19H15FN6OS2/c1-2-9-26-17(12-5-7-21-8-6-12)24-25-19(26)28-11-16(27)23-18-22-14-4-3-13(20)10-15(14)29-18/h2-8,10H,1,9,11H2,(H,22,23,27). The van der Waals surface area contributed by atoms with E-state index < -0.39 is 0 Å². The zero-order chi connectivity index (χ0) is 20.2. The smallest absolute Gasteiger partial charge is 0.236 e. The summed E-state index contributed by atoms with van der Waals surface area (Å²) in [5, 5.41) is 12.2. The molecule has 3 aromatic heterocycles. The number of carbonyl (C=O) groups excluding carboxylic acids is 1. The Bertz CT molecular complexity index is 1170. The predicted octanol–water partition coefficient (Wildman–Crippen LogP) is 4.01. The summed E-state index contributed by atoms with van der Waals surface area (Å²) in [4.78, 5) is 20.7. The van der Waals surface area contributed by atoms with Crippen molar-refractivity contribution in [1.29, 1.82) is 0 Å². The molecule has 0 spiro atoms. The fourth-order valence-corrected chi connectivity index (χ4v) is 4.30. The van der Waals surface area contributed by atoms with E-state index in [0.717, 1.165) is 5.56 Å². The van der Waals surface area contributed by atoms with Gasteiger partial charge in [-0.15, -0.1) is 16.8 Å². The number of nitrogens with one attached hydrogen (secondary N) is 1. The number of rotatable bonds is 7. The molecule has 0 radical (unpaired) electrons. The van der Waals surface area contributed by atoms with E-state index >= 15 is 0 Å². The van der Waals surface area contributed by atoms with E-state index in [1.807, 2.05) is 16.7 Å². The molecular formula is C19H15FN6OS2. The van der Waals surface area contributed by atoms with E-state index in [4.69, 9.17) is 0 Å². The summed E-state index contributed by atoms with van der Waals surface area (Å²) in [6.45, 7) is 4.29. The molecule has 1 amide bonds. The fourth-order valence-electron chi connectivity index (χ4n) is 2.64. The first-order valence-corrected chi connectivity index (χ1v) is 10.4. The van der Waals surface area contributed by atoms with Crippen LogP contribution in [0.25, 0.3) is 21.6 Å². The van der Waals surface area contributed by atoms with Gasteiger partial charge in [-0.1, -0.05) is 29.2 Å². The molecule has 0 bridgehead atoms. The lowest BCUT2D eigenvalue weighted by Gasteiger charge is -2.07. The predicted molar refractivity (Wildman–Crippen MR) is 112 cm³/mol. The van der Waals surface area contributed by atoms with E-state index in [-0.39, 0.29) is 17.5 Å². The number of allylic oxidation sites excluding steroid dienone is 1. The Morgan fingerprint density at radius 2 is 2.10 bits per heavy atom. The average Bonchev–Trinajstić information content (AvgIpc) is 3.30. The molecule has 4 aromatic rings. The first-order chi connectivity index (χ1) is 14.1. The van der Waals surface area contributed by atoms with Gasteiger partial charge in [-0.2, -0.15) is 0 Å². The van der Waals surface area contributed by atoms with Crippen LogP contribution in [0.4, 0.5) is 9.52 Å². The summed E-state index contributed by atoms with van der Waals surface area (Å²) in [6, 6.07) is 8.03. The van der Waals surface area contributed by atoms with Crippen LogP contribution in [0.5, 0.6) is 0 Å². The van der Waals surface area contributed by atoms with Crippen LogP contribution >= 0.6 is 23.1 Å². The summed E-state index contributed by atoms with van der Waals surface area (Å²) in [5.74, 6) is 0.258. The molecule has 1 aromatic carbocycles.